The minimum Gasteiger partial charge on any atom is -0.478 e. The molecule has 1 heterocycles. The van der Waals surface area contributed by atoms with Crippen molar-refractivity contribution in [1.29, 1.82) is 0 Å². The predicted molar refractivity (Wildman–Crippen MR) is 61.5 cm³/mol. The number of nitrogens with zero attached hydrogens (tertiary/aromatic N) is 1. The summed E-state index contributed by atoms with van der Waals surface area (Å²) in [5.74, 6) is -0.761. The van der Waals surface area contributed by atoms with Gasteiger partial charge in [-0.15, -0.1) is 0 Å². The van der Waals surface area contributed by atoms with Crippen LogP contribution >= 0.6 is 0 Å². The first kappa shape index (κ1) is 11.4. The van der Waals surface area contributed by atoms with Crippen LogP contribution in [0.4, 0.5) is 5.69 Å². The Morgan fingerprint density at radius 2 is 2.06 bits per heavy atom. The quantitative estimate of drug-likeness (QED) is 0.801. The molecule has 0 aromatic heterocycles. The fourth-order valence-electron chi connectivity index (χ4n) is 2.05. The first-order valence-corrected chi connectivity index (χ1v) is 5.45. The van der Waals surface area contributed by atoms with Gasteiger partial charge in [-0.1, -0.05) is 0 Å². The molecule has 17 heavy (non-hydrogen) atoms. The van der Waals surface area contributed by atoms with E-state index in [2.05, 4.69) is 4.74 Å². The smallest absolute Gasteiger partial charge is 0.337 e. The van der Waals surface area contributed by atoms with E-state index in [9.17, 15) is 9.59 Å². The Morgan fingerprint density at radius 1 is 1.35 bits per heavy atom. The molecule has 1 aromatic carbocycles. The van der Waals surface area contributed by atoms with E-state index in [0.29, 0.717) is 5.69 Å². The average Bonchev–Trinajstić information content (AvgIpc) is 2.82. The molecule has 1 fully saturated rings. The molecular formula is C12H13NO4. The number of carbonyl (C=O) groups is 2. The van der Waals surface area contributed by atoms with Crippen LogP contribution < -0.4 is 9.64 Å². The number of aromatic carboxylic acids is 1. The molecule has 1 aromatic rings. The minimum absolute atomic E-state index is 0.172. The highest BCUT2D eigenvalue weighted by Gasteiger charge is 2.19. The van der Waals surface area contributed by atoms with Crippen molar-refractivity contribution in [3.8, 4) is 5.75 Å². The van der Waals surface area contributed by atoms with Crippen molar-refractivity contribution in [1.82, 2.24) is 0 Å². The van der Waals surface area contributed by atoms with Gasteiger partial charge in [0.2, 0.25) is 0 Å². The highest BCUT2D eigenvalue weighted by molar-refractivity contribution is 5.95. The molecule has 1 saturated heterocycles. The van der Waals surface area contributed by atoms with Crippen LogP contribution in [-0.4, -0.2) is 30.6 Å². The topological polar surface area (TPSA) is 66.8 Å². The Kier molecular flexibility index (Phi) is 3.27. The lowest BCUT2D eigenvalue weighted by atomic mass is 10.1. The predicted octanol–water partition coefficient (Wildman–Crippen LogP) is 1.52. The van der Waals surface area contributed by atoms with Gasteiger partial charge in [-0.3, -0.25) is 4.79 Å². The molecule has 5 nitrogen and oxygen atoms in total. The molecule has 0 radical (unpaired) electrons. The van der Waals surface area contributed by atoms with Crippen LogP contribution in [0.5, 0.6) is 5.75 Å². The van der Waals surface area contributed by atoms with Gasteiger partial charge in [-0.25, -0.2) is 4.79 Å². The van der Waals surface area contributed by atoms with E-state index in [-0.39, 0.29) is 17.8 Å². The van der Waals surface area contributed by atoms with Crippen molar-refractivity contribution in [2.75, 3.05) is 18.0 Å². The molecule has 5 heteroatoms. The molecule has 0 spiro atoms. The summed E-state index contributed by atoms with van der Waals surface area (Å²) in [6.45, 7) is 2.03. The maximum atomic E-state index is 11.2. The van der Waals surface area contributed by atoms with Gasteiger partial charge in [0.25, 0.3) is 6.47 Å². The second-order valence-electron chi connectivity index (χ2n) is 3.89. The first-order chi connectivity index (χ1) is 8.22. The molecule has 1 N–H and O–H groups in total. The van der Waals surface area contributed by atoms with Gasteiger partial charge >= 0.3 is 5.97 Å². The van der Waals surface area contributed by atoms with Crippen LogP contribution in [0.3, 0.4) is 0 Å². The van der Waals surface area contributed by atoms with Gasteiger partial charge in [0.05, 0.1) is 11.3 Å². The normalized spacial score (nSPS) is 14.7. The number of carboxylic acids is 1. The molecule has 1 aliphatic rings. The standard InChI is InChI=1S/C12H13NO4/c14-8-17-9-3-4-11(10(7-9)12(15)16)13-5-1-2-6-13/h3-4,7-8H,1-2,5-6H2,(H,15,16). The van der Waals surface area contributed by atoms with E-state index < -0.39 is 5.97 Å². The summed E-state index contributed by atoms with van der Waals surface area (Å²) in [5, 5.41) is 9.15. The molecule has 1 aliphatic heterocycles. The summed E-state index contributed by atoms with van der Waals surface area (Å²) >= 11 is 0. The first-order valence-electron chi connectivity index (χ1n) is 5.45. The summed E-state index contributed by atoms with van der Waals surface area (Å²) in [5.41, 5.74) is 0.861. The van der Waals surface area contributed by atoms with E-state index >= 15 is 0 Å². The highest BCUT2D eigenvalue weighted by Crippen LogP contribution is 2.28. The van der Waals surface area contributed by atoms with Crippen LogP contribution in [0.2, 0.25) is 0 Å². The van der Waals surface area contributed by atoms with E-state index in [4.69, 9.17) is 5.11 Å². The van der Waals surface area contributed by atoms with Gasteiger partial charge in [0, 0.05) is 13.1 Å². The molecule has 90 valence electrons. The van der Waals surface area contributed by atoms with Crippen molar-refractivity contribution >= 4 is 18.1 Å². The summed E-state index contributed by atoms with van der Waals surface area (Å²) in [6.07, 6.45) is 2.15. The number of benzene rings is 1. The molecule has 0 bridgehead atoms. The van der Waals surface area contributed by atoms with Gasteiger partial charge in [0.15, 0.2) is 0 Å². The molecule has 0 atom stereocenters. The summed E-state index contributed by atoms with van der Waals surface area (Å²) in [6, 6.07) is 4.67. The van der Waals surface area contributed by atoms with Crippen molar-refractivity contribution in [3.05, 3.63) is 23.8 Å². The third-order valence-electron chi connectivity index (χ3n) is 2.83. The van der Waals surface area contributed by atoms with E-state index in [0.717, 1.165) is 25.9 Å². The van der Waals surface area contributed by atoms with Crippen LogP contribution in [-0.2, 0) is 4.79 Å². The lowest BCUT2D eigenvalue weighted by Crippen LogP contribution is -2.20. The highest BCUT2D eigenvalue weighted by atomic mass is 16.5. The van der Waals surface area contributed by atoms with E-state index in [1.807, 2.05) is 4.90 Å². The Labute approximate surface area is 98.6 Å². The van der Waals surface area contributed by atoms with E-state index in [1.165, 1.54) is 6.07 Å². The van der Waals surface area contributed by atoms with E-state index in [1.54, 1.807) is 12.1 Å². The molecule has 0 aliphatic carbocycles. The lowest BCUT2D eigenvalue weighted by Gasteiger charge is -2.20. The third-order valence-corrected chi connectivity index (χ3v) is 2.83. The zero-order valence-electron chi connectivity index (χ0n) is 9.26. The fraction of sp³-hybridized carbons (Fsp3) is 0.333. The number of hydrogen-bond donors (Lipinski definition) is 1. The average molecular weight is 235 g/mol. The Bertz CT molecular complexity index is 438. The summed E-state index contributed by atoms with van der Waals surface area (Å²) in [4.78, 5) is 23.4. The van der Waals surface area contributed by atoms with Crippen molar-refractivity contribution in [2.45, 2.75) is 12.8 Å². The van der Waals surface area contributed by atoms with Crippen LogP contribution in [0.15, 0.2) is 18.2 Å². The number of ether oxygens (including phenoxy) is 1. The van der Waals surface area contributed by atoms with Gasteiger partial charge < -0.3 is 14.7 Å². The van der Waals surface area contributed by atoms with Crippen molar-refractivity contribution in [3.63, 3.8) is 0 Å². The molecule has 0 amide bonds. The minimum atomic E-state index is -1.01. The SMILES string of the molecule is O=COc1ccc(N2CCCC2)c(C(=O)O)c1. The number of carboxylic acid groups (broad SMARTS) is 1. The van der Waals surface area contributed by atoms with Gasteiger partial charge in [-0.05, 0) is 31.0 Å². The maximum absolute atomic E-state index is 11.2. The monoisotopic (exact) mass is 235 g/mol. The fourth-order valence-corrected chi connectivity index (χ4v) is 2.05. The second-order valence-corrected chi connectivity index (χ2v) is 3.89. The Hall–Kier alpha value is -2.04. The second kappa shape index (κ2) is 4.86. The maximum Gasteiger partial charge on any atom is 0.337 e. The number of carbonyl (C=O) groups excluding carboxylic acids is 1. The third kappa shape index (κ3) is 2.38. The number of rotatable bonds is 4. The summed E-state index contributed by atoms with van der Waals surface area (Å²) < 4.78 is 4.65. The molecule has 0 unspecified atom stereocenters. The zero-order chi connectivity index (χ0) is 12.3. The largest absolute Gasteiger partial charge is 0.478 e. The molecule has 2 rings (SSSR count). The molecule has 0 saturated carbocycles. The van der Waals surface area contributed by atoms with Crippen LogP contribution in [0, 0.1) is 0 Å². The van der Waals surface area contributed by atoms with Crippen LogP contribution in [0.1, 0.15) is 23.2 Å². The zero-order valence-corrected chi connectivity index (χ0v) is 9.26. The number of hydrogen-bond acceptors (Lipinski definition) is 4. The lowest BCUT2D eigenvalue weighted by molar-refractivity contribution is -0.120. The summed E-state index contributed by atoms with van der Waals surface area (Å²) in [7, 11) is 0. The van der Waals surface area contributed by atoms with Crippen molar-refractivity contribution < 1.29 is 19.4 Å². The Balaban J connectivity index is 2.36. The van der Waals surface area contributed by atoms with Crippen LogP contribution in [0.25, 0.3) is 0 Å². The van der Waals surface area contributed by atoms with Gasteiger partial charge in [0.1, 0.15) is 5.75 Å². The number of anilines is 1. The van der Waals surface area contributed by atoms with Crippen molar-refractivity contribution in [2.24, 2.45) is 0 Å². The Morgan fingerprint density at radius 3 is 2.65 bits per heavy atom. The molecular weight excluding hydrogens is 222 g/mol. The van der Waals surface area contributed by atoms with Gasteiger partial charge in [-0.2, -0.15) is 0 Å².